The van der Waals surface area contributed by atoms with Gasteiger partial charge in [0.1, 0.15) is 5.75 Å². The average molecular weight is 658 g/mol. The summed E-state index contributed by atoms with van der Waals surface area (Å²) in [6.07, 6.45) is 11.1. The number of H-pyrrole nitrogens is 1. The van der Waals surface area contributed by atoms with Crippen molar-refractivity contribution < 1.29 is 19.1 Å². The van der Waals surface area contributed by atoms with Gasteiger partial charge in [0.2, 0.25) is 5.91 Å². The lowest BCUT2D eigenvalue weighted by Gasteiger charge is -2.36. The summed E-state index contributed by atoms with van der Waals surface area (Å²) in [5.74, 6) is 0.0618. The molecule has 13 heteroatoms. The third kappa shape index (κ3) is 8.07. The molecule has 3 aromatic rings. The molecule has 0 bridgehead atoms. The highest BCUT2D eigenvalue weighted by Gasteiger charge is 2.35. The molecule has 2 atom stereocenters. The minimum absolute atomic E-state index is 0.0114. The second kappa shape index (κ2) is 14.6. The third-order valence-corrected chi connectivity index (χ3v) is 9.46. The molecule has 0 radical (unpaired) electrons. The summed E-state index contributed by atoms with van der Waals surface area (Å²) in [6.45, 7) is 6.37. The first-order valence-corrected chi connectivity index (χ1v) is 17.0. The number of ether oxygens (including phenoxy) is 1. The Kier molecular flexibility index (Phi) is 10.1. The molecule has 4 heterocycles. The molecule has 0 spiro atoms. The molecule has 3 fully saturated rings. The van der Waals surface area contributed by atoms with E-state index in [4.69, 9.17) is 10.5 Å². The number of carbonyl (C=O) groups is 3. The fourth-order valence-electron chi connectivity index (χ4n) is 6.58. The molecule has 3 aliphatic rings. The van der Waals surface area contributed by atoms with Crippen LogP contribution in [0.15, 0.2) is 55.0 Å². The lowest BCUT2D eigenvalue weighted by atomic mass is 10.0. The highest BCUT2D eigenvalue weighted by atomic mass is 16.5. The van der Waals surface area contributed by atoms with Crippen LogP contribution in [0.25, 0.3) is 11.1 Å². The molecule has 256 valence electrons. The summed E-state index contributed by atoms with van der Waals surface area (Å²) in [5, 5.41) is 12.9. The van der Waals surface area contributed by atoms with Gasteiger partial charge in [-0.1, -0.05) is 12.1 Å². The normalized spacial score (nSPS) is 19.6. The predicted octanol–water partition coefficient (Wildman–Crippen LogP) is 3.04. The number of aromatic amines is 1. The van der Waals surface area contributed by atoms with Gasteiger partial charge >= 0.3 is 6.03 Å². The van der Waals surface area contributed by atoms with Crippen LogP contribution in [-0.4, -0.2) is 99.3 Å². The molecule has 2 aromatic heterocycles. The number of carbonyl (C=O) groups excluding carboxylic acids is 3. The Labute approximate surface area is 281 Å². The van der Waals surface area contributed by atoms with Crippen molar-refractivity contribution in [2.75, 3.05) is 37.6 Å². The number of aromatic nitrogens is 3. The quantitative estimate of drug-likeness (QED) is 0.231. The average Bonchev–Trinajstić information content (AvgIpc) is 3.55. The molecule has 5 N–H and O–H groups in total. The number of nitrogens with one attached hydrogen (secondary N) is 3. The second-order valence-electron chi connectivity index (χ2n) is 13.5. The molecule has 1 saturated carbocycles. The fraction of sp³-hybridized carbons (Fsp3) is 0.514. The van der Waals surface area contributed by atoms with Gasteiger partial charge in [-0.3, -0.25) is 19.7 Å². The highest BCUT2D eigenvalue weighted by Crippen LogP contribution is 2.30. The number of rotatable bonds is 12. The molecule has 1 aliphatic carbocycles. The largest absolute Gasteiger partial charge is 0.478 e. The zero-order chi connectivity index (χ0) is 33.7. The van der Waals surface area contributed by atoms with Gasteiger partial charge in [0, 0.05) is 79.6 Å². The zero-order valence-corrected chi connectivity index (χ0v) is 27.9. The Balaban J connectivity index is 1.02. The zero-order valence-electron chi connectivity index (χ0n) is 27.9. The van der Waals surface area contributed by atoms with Crippen molar-refractivity contribution in [3.8, 4) is 16.9 Å². The van der Waals surface area contributed by atoms with E-state index in [1.54, 1.807) is 24.9 Å². The number of anilines is 1. The first-order valence-electron chi connectivity index (χ1n) is 17.0. The van der Waals surface area contributed by atoms with Gasteiger partial charge in [-0.15, -0.1) is 0 Å². The predicted molar refractivity (Wildman–Crippen MR) is 182 cm³/mol. The van der Waals surface area contributed by atoms with E-state index in [0.717, 1.165) is 67.6 Å². The number of nitrogens with two attached hydrogens (primary N) is 1. The molecule has 13 nitrogen and oxygen atoms in total. The van der Waals surface area contributed by atoms with Crippen LogP contribution in [0.5, 0.6) is 5.75 Å². The van der Waals surface area contributed by atoms with Crippen molar-refractivity contribution in [1.82, 2.24) is 35.6 Å². The maximum absolute atomic E-state index is 13.5. The minimum Gasteiger partial charge on any atom is -0.478 e. The van der Waals surface area contributed by atoms with Crippen LogP contribution in [0, 0.1) is 0 Å². The van der Waals surface area contributed by atoms with Gasteiger partial charge in [0.15, 0.2) is 5.60 Å². The Morgan fingerprint density at radius 1 is 1.06 bits per heavy atom. The van der Waals surface area contributed by atoms with Crippen molar-refractivity contribution in [1.29, 1.82) is 0 Å². The van der Waals surface area contributed by atoms with Crippen LogP contribution >= 0.6 is 0 Å². The number of likely N-dealkylation sites (tertiary alicyclic amines) is 1. The van der Waals surface area contributed by atoms with E-state index in [1.807, 2.05) is 53.7 Å². The molecular formula is C35H47N9O4. The Morgan fingerprint density at radius 3 is 2.62 bits per heavy atom. The molecule has 0 unspecified atom stereocenters. The number of pyridine rings is 1. The Bertz CT molecular complexity index is 1560. The number of hydrogen-bond donors (Lipinski definition) is 4. The topological polar surface area (TPSA) is 162 Å². The SMILES string of the molecule is CC(C)(Oc1cccc(N2CCC[C@@H](NC(=O)N(Cc3ccc(-c4cn[nH]c4)cn3)C3CC3)C2)c1)C(=O)NCC(=O)N1CCC[C@H]1CN. The third-order valence-electron chi connectivity index (χ3n) is 9.46. The van der Waals surface area contributed by atoms with E-state index in [9.17, 15) is 14.4 Å². The molecule has 6 rings (SSSR count). The van der Waals surface area contributed by atoms with Gasteiger partial charge in [-0.2, -0.15) is 5.10 Å². The maximum Gasteiger partial charge on any atom is 0.318 e. The first-order chi connectivity index (χ1) is 23.2. The number of amides is 4. The fourth-order valence-corrected chi connectivity index (χ4v) is 6.58. The van der Waals surface area contributed by atoms with E-state index in [-0.39, 0.29) is 42.5 Å². The standard InChI is InChI=1S/C35H47N9O4/c1-35(2,33(46)38-21-32(45)43-15-5-8-30(43)17-36)48-31-9-3-7-29(16-31)42-14-4-6-27(22-42)41-34(47)44(28-12-13-28)23-26-11-10-24(18-37-26)25-19-39-40-20-25/h3,7,9-11,16,18-20,27-28,30H,4-6,8,12-15,17,21-23,36H2,1-2H3,(H,38,46)(H,39,40)(H,41,47)/t27-,30+/m1/s1. The summed E-state index contributed by atoms with van der Waals surface area (Å²) < 4.78 is 6.17. The van der Waals surface area contributed by atoms with Crippen LogP contribution in [0.4, 0.5) is 10.5 Å². The van der Waals surface area contributed by atoms with Gasteiger partial charge in [-0.25, -0.2) is 4.79 Å². The van der Waals surface area contributed by atoms with Crippen LogP contribution in [0.3, 0.4) is 0 Å². The summed E-state index contributed by atoms with van der Waals surface area (Å²) in [4.78, 5) is 49.8. The molecule has 2 aliphatic heterocycles. The van der Waals surface area contributed by atoms with Crippen molar-refractivity contribution >= 4 is 23.5 Å². The van der Waals surface area contributed by atoms with Gasteiger partial charge in [-0.05, 0) is 70.6 Å². The molecule has 4 amide bonds. The molecule has 1 aromatic carbocycles. The molecule has 48 heavy (non-hydrogen) atoms. The second-order valence-corrected chi connectivity index (χ2v) is 13.5. The maximum atomic E-state index is 13.5. The number of benzene rings is 1. The summed E-state index contributed by atoms with van der Waals surface area (Å²) >= 11 is 0. The van der Waals surface area contributed by atoms with Crippen molar-refractivity contribution in [3.05, 3.63) is 60.7 Å². The summed E-state index contributed by atoms with van der Waals surface area (Å²) in [7, 11) is 0. The van der Waals surface area contributed by atoms with Crippen molar-refractivity contribution in [2.45, 2.75) is 82.6 Å². The Morgan fingerprint density at radius 2 is 1.90 bits per heavy atom. The lowest BCUT2D eigenvalue weighted by Crippen LogP contribution is -2.52. The number of hydrogen-bond acceptors (Lipinski definition) is 8. The lowest BCUT2D eigenvalue weighted by molar-refractivity contribution is -0.138. The smallest absolute Gasteiger partial charge is 0.318 e. The molecular weight excluding hydrogens is 610 g/mol. The van der Waals surface area contributed by atoms with E-state index < -0.39 is 5.60 Å². The highest BCUT2D eigenvalue weighted by molar-refractivity contribution is 5.89. The number of nitrogens with zero attached hydrogens (tertiary/aromatic N) is 5. The van der Waals surface area contributed by atoms with Gasteiger partial charge < -0.3 is 35.8 Å². The monoisotopic (exact) mass is 657 g/mol. The summed E-state index contributed by atoms with van der Waals surface area (Å²) in [6, 6.07) is 11.9. The van der Waals surface area contributed by atoms with Crippen LogP contribution in [-0.2, 0) is 16.1 Å². The first kappa shape index (κ1) is 33.3. The van der Waals surface area contributed by atoms with Gasteiger partial charge in [0.25, 0.3) is 5.91 Å². The van der Waals surface area contributed by atoms with Crippen LogP contribution in [0.1, 0.15) is 58.1 Å². The van der Waals surface area contributed by atoms with E-state index >= 15 is 0 Å². The molecule has 2 saturated heterocycles. The summed E-state index contributed by atoms with van der Waals surface area (Å²) in [5.41, 5.74) is 8.36. The van der Waals surface area contributed by atoms with Gasteiger partial charge in [0.05, 0.1) is 25.0 Å². The van der Waals surface area contributed by atoms with E-state index in [0.29, 0.717) is 31.9 Å². The Hall–Kier alpha value is -4.65. The van der Waals surface area contributed by atoms with Crippen molar-refractivity contribution in [2.24, 2.45) is 5.73 Å². The minimum atomic E-state index is -1.20. The number of piperidine rings is 1. The van der Waals surface area contributed by atoms with E-state index in [2.05, 4.69) is 30.7 Å². The van der Waals surface area contributed by atoms with Crippen LogP contribution in [0.2, 0.25) is 0 Å². The van der Waals surface area contributed by atoms with Crippen LogP contribution < -0.4 is 26.0 Å². The number of urea groups is 1. The van der Waals surface area contributed by atoms with Crippen molar-refractivity contribution in [3.63, 3.8) is 0 Å². The van der Waals surface area contributed by atoms with E-state index in [1.165, 1.54) is 0 Å².